The van der Waals surface area contributed by atoms with Crippen LogP contribution in [-0.4, -0.2) is 22.3 Å². The lowest BCUT2D eigenvalue weighted by Gasteiger charge is -2.21. The molecule has 0 radical (unpaired) electrons. The van der Waals surface area contributed by atoms with Gasteiger partial charge in [0.2, 0.25) is 0 Å². The van der Waals surface area contributed by atoms with Crippen LogP contribution in [-0.2, 0) is 23.1 Å². The molecule has 0 aliphatic rings. The van der Waals surface area contributed by atoms with Gasteiger partial charge < -0.3 is 15.0 Å². The summed E-state index contributed by atoms with van der Waals surface area (Å²) in [5.41, 5.74) is 6.66. The van der Waals surface area contributed by atoms with Crippen LogP contribution < -0.4 is 5.73 Å². The fourth-order valence-corrected chi connectivity index (χ4v) is 1.94. The van der Waals surface area contributed by atoms with E-state index in [4.69, 9.17) is 21.9 Å². The van der Waals surface area contributed by atoms with Gasteiger partial charge in [0.15, 0.2) is 0 Å². The molecule has 0 aliphatic heterocycles. The van der Waals surface area contributed by atoms with E-state index in [0.29, 0.717) is 18.8 Å². The third-order valence-electron chi connectivity index (χ3n) is 3.15. The van der Waals surface area contributed by atoms with Crippen molar-refractivity contribution < 1.29 is 4.74 Å². The second-order valence-corrected chi connectivity index (χ2v) is 6.45. The Morgan fingerprint density at radius 3 is 2.32 bits per heavy atom. The molecule has 0 saturated carbocycles. The van der Waals surface area contributed by atoms with Crippen molar-refractivity contribution in [3.05, 3.63) is 11.5 Å². The van der Waals surface area contributed by atoms with Crippen LogP contribution >= 0.6 is 0 Å². The molecule has 1 aromatic heterocycles. The summed E-state index contributed by atoms with van der Waals surface area (Å²) in [7, 11) is 1.69. The minimum absolute atomic E-state index is 0.0968. The lowest BCUT2D eigenvalue weighted by Crippen LogP contribution is -2.26. The van der Waals surface area contributed by atoms with Crippen molar-refractivity contribution in [3.8, 4) is 12.3 Å². The van der Waals surface area contributed by atoms with E-state index in [2.05, 4.69) is 26.7 Å². The number of imidazole rings is 1. The predicted octanol–water partition coefficient (Wildman–Crippen LogP) is 2.36. The second-order valence-electron chi connectivity index (χ2n) is 6.45. The van der Waals surface area contributed by atoms with Gasteiger partial charge in [0.25, 0.3) is 0 Å². The Bertz CT molecular complexity index is 487. The number of rotatable bonds is 4. The van der Waals surface area contributed by atoms with Crippen LogP contribution in [0.4, 0.5) is 5.82 Å². The van der Waals surface area contributed by atoms with Crippen LogP contribution in [0.5, 0.6) is 0 Å². The highest BCUT2D eigenvalue weighted by Crippen LogP contribution is 2.28. The van der Waals surface area contributed by atoms with Gasteiger partial charge in [-0.2, -0.15) is 0 Å². The van der Waals surface area contributed by atoms with Gasteiger partial charge in [-0.15, -0.1) is 6.42 Å². The second kappa shape index (κ2) is 5.26. The Hall–Kier alpha value is -1.47. The van der Waals surface area contributed by atoms with Crippen molar-refractivity contribution in [1.29, 1.82) is 0 Å². The van der Waals surface area contributed by atoms with Crippen LogP contribution in [0.1, 0.15) is 46.1 Å². The van der Waals surface area contributed by atoms with E-state index in [1.165, 1.54) is 0 Å². The Labute approximate surface area is 116 Å². The lowest BCUT2D eigenvalue weighted by atomic mass is 9.95. The maximum atomic E-state index is 6.20. The van der Waals surface area contributed by atoms with E-state index >= 15 is 0 Å². The summed E-state index contributed by atoms with van der Waals surface area (Å²) in [5.74, 6) is 4.21. The minimum atomic E-state index is -0.293. The van der Waals surface area contributed by atoms with E-state index in [1.54, 1.807) is 7.11 Å². The first-order valence-electron chi connectivity index (χ1n) is 6.46. The number of hydrogen-bond acceptors (Lipinski definition) is 3. The smallest absolute Gasteiger partial charge is 0.127 e. The molecule has 0 fully saturated rings. The summed E-state index contributed by atoms with van der Waals surface area (Å²) in [4.78, 5) is 4.70. The summed E-state index contributed by atoms with van der Waals surface area (Å²) >= 11 is 0. The maximum absolute atomic E-state index is 6.20. The first-order chi connectivity index (χ1) is 8.62. The van der Waals surface area contributed by atoms with E-state index in [1.807, 2.05) is 18.4 Å². The van der Waals surface area contributed by atoms with Gasteiger partial charge in [-0.05, 0) is 13.8 Å². The highest BCUT2D eigenvalue weighted by Gasteiger charge is 2.27. The molecular weight excluding hydrogens is 238 g/mol. The Kier molecular flexibility index (Phi) is 4.32. The first-order valence-corrected chi connectivity index (χ1v) is 6.46. The van der Waals surface area contributed by atoms with Crippen LogP contribution in [0.25, 0.3) is 0 Å². The molecule has 0 amide bonds. The van der Waals surface area contributed by atoms with Gasteiger partial charge >= 0.3 is 0 Å². The van der Waals surface area contributed by atoms with Crippen molar-refractivity contribution in [3.63, 3.8) is 0 Å². The highest BCUT2D eigenvalue weighted by atomic mass is 16.5. The molecule has 0 aromatic carbocycles. The van der Waals surface area contributed by atoms with Crippen molar-refractivity contribution in [2.45, 2.75) is 58.6 Å². The number of aromatic nitrogens is 2. The first kappa shape index (κ1) is 15.6. The number of hydrogen-bond donors (Lipinski definition) is 1. The van der Waals surface area contributed by atoms with E-state index < -0.39 is 0 Å². The molecule has 1 heterocycles. The predicted molar refractivity (Wildman–Crippen MR) is 79.0 cm³/mol. The molecule has 106 valence electrons. The van der Waals surface area contributed by atoms with Gasteiger partial charge in [0.1, 0.15) is 11.6 Å². The van der Waals surface area contributed by atoms with E-state index in [-0.39, 0.29) is 11.0 Å². The number of terminal acetylenes is 1. The Morgan fingerprint density at radius 1 is 1.32 bits per heavy atom. The van der Waals surface area contributed by atoms with Gasteiger partial charge in [-0.25, -0.2) is 4.98 Å². The van der Waals surface area contributed by atoms with Crippen molar-refractivity contribution >= 4 is 5.82 Å². The summed E-state index contributed by atoms with van der Waals surface area (Å²) in [6, 6.07) is 0. The average Bonchev–Trinajstić information content (AvgIpc) is 2.57. The Morgan fingerprint density at radius 2 is 1.89 bits per heavy atom. The molecule has 0 unspecified atom stereocenters. The molecule has 0 saturated heterocycles. The standard InChI is InChI=1S/C15H25N3O/c1-8-9-18-12(16)11(10-15(5,6)19-7)17-13(18)14(2,3)4/h1H,9-10,16H2,2-7H3. The molecule has 0 aliphatic carbocycles. The largest absolute Gasteiger partial charge is 0.384 e. The molecule has 4 heteroatoms. The molecule has 1 rings (SSSR count). The maximum Gasteiger partial charge on any atom is 0.127 e. The molecular formula is C15H25N3O. The van der Waals surface area contributed by atoms with Crippen molar-refractivity contribution in [2.75, 3.05) is 12.8 Å². The number of methoxy groups -OCH3 is 1. The quantitative estimate of drug-likeness (QED) is 0.848. The number of anilines is 1. The topological polar surface area (TPSA) is 53.1 Å². The SMILES string of the molecule is C#CCn1c(C(C)(C)C)nc(CC(C)(C)OC)c1N. The normalized spacial score (nSPS) is 12.5. The van der Waals surface area contributed by atoms with Gasteiger partial charge in [-0.1, -0.05) is 26.7 Å². The van der Waals surface area contributed by atoms with Crippen molar-refractivity contribution in [2.24, 2.45) is 0 Å². The fraction of sp³-hybridized carbons (Fsp3) is 0.667. The van der Waals surface area contributed by atoms with Crippen LogP contribution in [0.2, 0.25) is 0 Å². The lowest BCUT2D eigenvalue weighted by molar-refractivity contribution is 0.0226. The summed E-state index contributed by atoms with van der Waals surface area (Å²) in [6.45, 7) is 10.8. The zero-order chi connectivity index (χ0) is 14.8. The fourth-order valence-electron chi connectivity index (χ4n) is 1.94. The van der Waals surface area contributed by atoms with Gasteiger partial charge in [0, 0.05) is 18.9 Å². The molecule has 2 N–H and O–H groups in total. The molecule has 0 spiro atoms. The molecule has 0 bridgehead atoms. The van der Waals surface area contributed by atoms with E-state index in [9.17, 15) is 0 Å². The van der Waals surface area contributed by atoms with E-state index in [0.717, 1.165) is 11.5 Å². The highest BCUT2D eigenvalue weighted by molar-refractivity contribution is 5.41. The molecule has 1 aromatic rings. The summed E-state index contributed by atoms with van der Waals surface area (Å²) in [6.07, 6.45) is 6.09. The van der Waals surface area contributed by atoms with Gasteiger partial charge in [-0.3, -0.25) is 0 Å². The zero-order valence-electron chi connectivity index (χ0n) is 12.9. The molecule has 4 nitrogen and oxygen atoms in total. The molecule has 19 heavy (non-hydrogen) atoms. The Balaban J connectivity index is 3.26. The number of nitrogens with two attached hydrogens (primary N) is 1. The van der Waals surface area contributed by atoms with Crippen LogP contribution in [0.3, 0.4) is 0 Å². The number of ether oxygens (including phenoxy) is 1. The van der Waals surface area contributed by atoms with Gasteiger partial charge in [0.05, 0.1) is 17.8 Å². The molecule has 0 atom stereocenters. The number of nitrogens with zero attached hydrogens (tertiary/aromatic N) is 2. The number of nitrogen functional groups attached to an aromatic ring is 1. The monoisotopic (exact) mass is 263 g/mol. The minimum Gasteiger partial charge on any atom is -0.384 e. The van der Waals surface area contributed by atoms with Crippen molar-refractivity contribution in [1.82, 2.24) is 9.55 Å². The summed E-state index contributed by atoms with van der Waals surface area (Å²) < 4.78 is 7.36. The zero-order valence-corrected chi connectivity index (χ0v) is 12.9. The third kappa shape index (κ3) is 3.51. The summed E-state index contributed by atoms with van der Waals surface area (Å²) in [5, 5.41) is 0. The third-order valence-corrected chi connectivity index (χ3v) is 3.15. The average molecular weight is 263 g/mol. The van der Waals surface area contributed by atoms with Crippen LogP contribution in [0.15, 0.2) is 0 Å². The van der Waals surface area contributed by atoms with Crippen LogP contribution in [0, 0.1) is 12.3 Å².